The van der Waals surface area contributed by atoms with Crippen molar-refractivity contribution in [3.8, 4) is 5.75 Å². The van der Waals surface area contributed by atoms with Gasteiger partial charge in [-0.2, -0.15) is 0 Å². The number of para-hydroxylation sites is 1. The van der Waals surface area contributed by atoms with Crippen LogP contribution in [0.4, 0.5) is 10.7 Å². The number of carbonyl (C=O) groups excluding carboxylic acids is 3. The zero-order valence-electron chi connectivity index (χ0n) is 24.0. The largest absolute Gasteiger partial charge is 0.484 e. The summed E-state index contributed by atoms with van der Waals surface area (Å²) in [6.45, 7) is 1.94. The van der Waals surface area contributed by atoms with Gasteiger partial charge in [0, 0.05) is 15.5 Å². The average molecular weight is 615 g/mol. The highest BCUT2D eigenvalue weighted by Crippen LogP contribution is 2.41. The molecule has 7 nitrogen and oxygen atoms in total. The first-order valence-corrected chi connectivity index (χ1v) is 16.1. The highest BCUT2D eigenvalue weighted by molar-refractivity contribution is 8.00. The first kappa shape index (κ1) is 30.4. The molecule has 1 heterocycles. The predicted octanol–water partition coefficient (Wildman–Crippen LogP) is 7.68. The summed E-state index contributed by atoms with van der Waals surface area (Å²) in [6.07, 6.45) is 4.90. The standard InChI is InChI=1S/C34H34N2O5S2/c1-2-40-34(39)30-27-19-10-5-11-20-28(27)43-33(30)36-32(38)31(23-13-6-3-7-14-23)42-26-18-12-15-24(21-26)35-29(37)22-41-25-16-8-4-9-17-25/h3-4,6-9,12-18,21,31H,2,5,10-11,19-20,22H2,1H3,(H,35,37)(H,36,38). The number of amides is 2. The van der Waals surface area contributed by atoms with Gasteiger partial charge in [0.25, 0.3) is 5.91 Å². The van der Waals surface area contributed by atoms with E-state index < -0.39 is 5.25 Å². The number of hydrogen-bond acceptors (Lipinski definition) is 7. The molecule has 0 fully saturated rings. The lowest BCUT2D eigenvalue weighted by Gasteiger charge is -2.18. The Kier molecular flexibility index (Phi) is 10.5. The van der Waals surface area contributed by atoms with E-state index in [4.69, 9.17) is 9.47 Å². The number of esters is 1. The van der Waals surface area contributed by atoms with Crippen LogP contribution < -0.4 is 15.4 Å². The smallest absolute Gasteiger partial charge is 0.341 e. The van der Waals surface area contributed by atoms with E-state index in [9.17, 15) is 14.4 Å². The van der Waals surface area contributed by atoms with E-state index in [1.54, 1.807) is 25.1 Å². The fraction of sp³-hybridized carbons (Fsp3) is 0.265. The van der Waals surface area contributed by atoms with E-state index in [-0.39, 0.29) is 31.0 Å². The molecule has 3 aromatic carbocycles. The highest BCUT2D eigenvalue weighted by atomic mass is 32.2. The van der Waals surface area contributed by atoms with Gasteiger partial charge in [-0.15, -0.1) is 23.1 Å². The lowest BCUT2D eigenvalue weighted by molar-refractivity contribution is -0.118. The topological polar surface area (TPSA) is 93.7 Å². The minimum Gasteiger partial charge on any atom is -0.484 e. The van der Waals surface area contributed by atoms with Crippen molar-refractivity contribution in [3.63, 3.8) is 0 Å². The number of fused-ring (bicyclic) bond motifs is 1. The fourth-order valence-electron chi connectivity index (χ4n) is 4.97. The molecule has 2 N–H and O–H groups in total. The Hall–Kier alpha value is -4.08. The van der Waals surface area contributed by atoms with Crippen LogP contribution in [0.15, 0.2) is 89.8 Å². The number of hydrogen-bond donors (Lipinski definition) is 2. The molecule has 1 unspecified atom stereocenters. The molecule has 43 heavy (non-hydrogen) atoms. The summed E-state index contributed by atoms with van der Waals surface area (Å²) in [5.41, 5.74) is 2.94. The predicted molar refractivity (Wildman–Crippen MR) is 172 cm³/mol. The van der Waals surface area contributed by atoms with Gasteiger partial charge in [0.1, 0.15) is 16.0 Å². The van der Waals surface area contributed by atoms with Crippen LogP contribution in [-0.4, -0.2) is 31.0 Å². The van der Waals surface area contributed by atoms with E-state index in [0.29, 0.717) is 22.0 Å². The van der Waals surface area contributed by atoms with Crippen molar-refractivity contribution in [2.24, 2.45) is 0 Å². The van der Waals surface area contributed by atoms with Crippen molar-refractivity contribution in [1.82, 2.24) is 0 Å². The first-order valence-electron chi connectivity index (χ1n) is 14.4. The molecular weight excluding hydrogens is 581 g/mol. The van der Waals surface area contributed by atoms with Crippen molar-refractivity contribution >= 4 is 51.6 Å². The van der Waals surface area contributed by atoms with Crippen LogP contribution in [0, 0.1) is 0 Å². The Morgan fingerprint density at radius 1 is 0.884 bits per heavy atom. The summed E-state index contributed by atoms with van der Waals surface area (Å²) in [5.74, 6) is -0.288. The maximum absolute atomic E-state index is 13.9. The van der Waals surface area contributed by atoms with E-state index in [2.05, 4.69) is 10.6 Å². The van der Waals surface area contributed by atoms with Gasteiger partial charge in [-0.1, -0.05) is 61.0 Å². The number of thioether (sulfide) groups is 1. The van der Waals surface area contributed by atoms with Crippen molar-refractivity contribution in [2.45, 2.75) is 49.2 Å². The lowest BCUT2D eigenvalue weighted by atomic mass is 10.1. The normalized spacial score (nSPS) is 13.2. The molecule has 0 saturated carbocycles. The van der Waals surface area contributed by atoms with Crippen LogP contribution in [0.3, 0.4) is 0 Å². The quantitative estimate of drug-likeness (QED) is 0.102. The number of nitrogens with one attached hydrogen (secondary N) is 2. The van der Waals surface area contributed by atoms with Crippen molar-refractivity contribution in [2.75, 3.05) is 23.8 Å². The fourth-order valence-corrected chi connectivity index (χ4v) is 7.34. The third-order valence-corrected chi connectivity index (χ3v) is 9.42. The monoisotopic (exact) mass is 614 g/mol. The number of thiophene rings is 1. The number of aryl methyl sites for hydroxylation is 1. The molecule has 0 radical (unpaired) electrons. The second kappa shape index (κ2) is 14.9. The lowest BCUT2D eigenvalue weighted by Crippen LogP contribution is -2.21. The Bertz CT molecular complexity index is 1560. The minimum atomic E-state index is -0.606. The van der Waals surface area contributed by atoms with E-state index in [1.807, 2.05) is 66.7 Å². The van der Waals surface area contributed by atoms with Gasteiger partial charge in [0.2, 0.25) is 5.91 Å². The minimum absolute atomic E-state index is 0.121. The number of carbonyl (C=O) groups is 3. The molecule has 0 bridgehead atoms. The van der Waals surface area contributed by atoms with Gasteiger partial charge in [0.05, 0.1) is 12.2 Å². The second-order valence-electron chi connectivity index (χ2n) is 10.1. The Morgan fingerprint density at radius 3 is 2.40 bits per heavy atom. The van der Waals surface area contributed by atoms with Crippen LogP contribution in [0.25, 0.3) is 0 Å². The molecule has 2 amide bonds. The number of rotatable bonds is 11. The molecule has 1 aliphatic rings. The van der Waals surface area contributed by atoms with Crippen LogP contribution in [0.5, 0.6) is 5.75 Å². The summed E-state index contributed by atoms with van der Waals surface area (Å²) in [5, 5.41) is 5.92. The zero-order chi connectivity index (χ0) is 30.0. The molecule has 1 aromatic heterocycles. The van der Waals surface area contributed by atoms with Gasteiger partial charge in [-0.25, -0.2) is 4.79 Å². The zero-order valence-corrected chi connectivity index (χ0v) is 25.6. The van der Waals surface area contributed by atoms with Crippen molar-refractivity contribution in [1.29, 1.82) is 0 Å². The van der Waals surface area contributed by atoms with Gasteiger partial charge in [0.15, 0.2) is 6.61 Å². The summed E-state index contributed by atoms with van der Waals surface area (Å²) < 4.78 is 11.0. The van der Waals surface area contributed by atoms with Crippen LogP contribution >= 0.6 is 23.1 Å². The average Bonchev–Trinajstić information content (AvgIpc) is 3.19. The SMILES string of the molecule is CCOC(=O)c1c(NC(=O)C(Sc2cccc(NC(=O)COc3ccccc3)c2)c2ccccc2)sc2c1CCCCC2. The van der Waals surface area contributed by atoms with Gasteiger partial charge >= 0.3 is 5.97 Å². The molecule has 222 valence electrons. The molecule has 5 rings (SSSR count). The van der Waals surface area contributed by atoms with Crippen LogP contribution in [0.2, 0.25) is 0 Å². The van der Waals surface area contributed by atoms with Crippen molar-refractivity contribution < 1.29 is 23.9 Å². The number of benzene rings is 3. The van der Waals surface area contributed by atoms with Crippen LogP contribution in [-0.2, 0) is 27.2 Å². The summed E-state index contributed by atoms with van der Waals surface area (Å²) in [7, 11) is 0. The molecule has 4 aromatic rings. The van der Waals surface area contributed by atoms with E-state index >= 15 is 0 Å². The molecule has 0 spiro atoms. The van der Waals surface area contributed by atoms with Crippen molar-refractivity contribution in [3.05, 3.63) is 106 Å². The third-order valence-electron chi connectivity index (χ3n) is 6.96. The summed E-state index contributed by atoms with van der Waals surface area (Å²) >= 11 is 2.86. The Morgan fingerprint density at radius 2 is 1.63 bits per heavy atom. The maximum Gasteiger partial charge on any atom is 0.341 e. The van der Waals surface area contributed by atoms with Gasteiger partial charge in [-0.3, -0.25) is 9.59 Å². The molecule has 1 aliphatic carbocycles. The molecule has 1 atom stereocenters. The third kappa shape index (κ3) is 8.06. The highest BCUT2D eigenvalue weighted by Gasteiger charge is 2.29. The Balaban J connectivity index is 1.34. The molecular formula is C34H34N2O5S2. The second-order valence-corrected chi connectivity index (χ2v) is 12.3. The molecule has 0 saturated heterocycles. The van der Waals surface area contributed by atoms with E-state index in [0.717, 1.165) is 53.0 Å². The summed E-state index contributed by atoms with van der Waals surface area (Å²) in [4.78, 5) is 41.5. The van der Waals surface area contributed by atoms with Gasteiger partial charge < -0.3 is 20.1 Å². The summed E-state index contributed by atoms with van der Waals surface area (Å²) in [6, 6.07) is 26.1. The number of anilines is 2. The Labute approximate surface area is 260 Å². The first-order chi connectivity index (χ1) is 21.0. The van der Waals surface area contributed by atoms with Crippen LogP contribution in [0.1, 0.15) is 57.8 Å². The van der Waals surface area contributed by atoms with Gasteiger partial charge in [-0.05, 0) is 74.1 Å². The number of ether oxygens (including phenoxy) is 2. The maximum atomic E-state index is 13.9. The molecule has 0 aliphatic heterocycles. The molecule has 9 heteroatoms. The van der Waals surface area contributed by atoms with E-state index in [1.165, 1.54) is 23.1 Å².